The number of hydrogen-bond donors (Lipinski definition) is 3. The standard InChI is InChI=1S/C15H19BrN4O/c1-15(4-6-17-7-5-15)9-18-14(21)13-11-8-10(16)2-3-12(11)19-20-13/h2-3,8,17H,4-7,9H2,1H3,(H,18,21)(H,19,20). The molecule has 2 aromatic rings. The zero-order valence-corrected chi connectivity index (χ0v) is 13.6. The lowest BCUT2D eigenvalue weighted by atomic mass is 9.81. The third kappa shape index (κ3) is 3.11. The van der Waals surface area contributed by atoms with Gasteiger partial charge in [0.05, 0.1) is 5.52 Å². The lowest BCUT2D eigenvalue weighted by molar-refractivity contribution is 0.0919. The largest absolute Gasteiger partial charge is 0.350 e. The number of H-pyrrole nitrogens is 1. The van der Waals surface area contributed by atoms with Crippen LogP contribution in [-0.4, -0.2) is 35.7 Å². The Kier molecular flexibility index (Phi) is 3.99. The molecule has 0 atom stereocenters. The topological polar surface area (TPSA) is 69.8 Å². The number of fused-ring (bicyclic) bond motifs is 1. The first kappa shape index (κ1) is 14.5. The Bertz CT molecular complexity index is 661. The van der Waals surface area contributed by atoms with Crippen molar-refractivity contribution in [2.24, 2.45) is 5.41 Å². The monoisotopic (exact) mass is 350 g/mol. The summed E-state index contributed by atoms with van der Waals surface area (Å²) in [6.45, 7) is 4.96. The highest BCUT2D eigenvalue weighted by Crippen LogP contribution is 2.27. The number of nitrogens with one attached hydrogen (secondary N) is 3. The molecule has 112 valence electrons. The molecule has 1 aromatic carbocycles. The predicted molar refractivity (Wildman–Crippen MR) is 86.3 cm³/mol. The van der Waals surface area contributed by atoms with Gasteiger partial charge in [-0.15, -0.1) is 0 Å². The van der Waals surface area contributed by atoms with Crippen molar-refractivity contribution in [1.29, 1.82) is 0 Å². The SMILES string of the molecule is CC1(CNC(=O)c2n[nH]c3ccc(Br)cc23)CCNCC1. The molecule has 2 heterocycles. The summed E-state index contributed by atoms with van der Waals surface area (Å²) >= 11 is 3.43. The molecule has 3 rings (SSSR count). The van der Waals surface area contributed by atoms with Crippen molar-refractivity contribution in [3.05, 3.63) is 28.4 Å². The number of aromatic nitrogens is 2. The van der Waals surface area contributed by atoms with Crippen molar-refractivity contribution in [3.63, 3.8) is 0 Å². The molecule has 0 radical (unpaired) electrons. The van der Waals surface area contributed by atoms with Crippen LogP contribution in [0.2, 0.25) is 0 Å². The minimum atomic E-state index is -0.112. The van der Waals surface area contributed by atoms with Crippen LogP contribution in [0, 0.1) is 5.41 Å². The van der Waals surface area contributed by atoms with Gasteiger partial charge in [0.1, 0.15) is 0 Å². The summed E-state index contributed by atoms with van der Waals surface area (Å²) in [6.07, 6.45) is 2.17. The van der Waals surface area contributed by atoms with Gasteiger partial charge in [-0.1, -0.05) is 22.9 Å². The molecule has 3 N–H and O–H groups in total. The highest BCUT2D eigenvalue weighted by molar-refractivity contribution is 9.10. The zero-order chi connectivity index (χ0) is 14.9. The molecule has 1 saturated heterocycles. The Balaban J connectivity index is 1.73. The molecule has 1 fully saturated rings. The van der Waals surface area contributed by atoms with Crippen LogP contribution in [0.15, 0.2) is 22.7 Å². The van der Waals surface area contributed by atoms with E-state index in [1.165, 1.54) is 0 Å². The number of nitrogens with zero attached hydrogens (tertiary/aromatic N) is 1. The lowest BCUT2D eigenvalue weighted by Gasteiger charge is -2.34. The van der Waals surface area contributed by atoms with E-state index < -0.39 is 0 Å². The van der Waals surface area contributed by atoms with Gasteiger partial charge in [0.2, 0.25) is 0 Å². The lowest BCUT2D eigenvalue weighted by Crippen LogP contribution is -2.43. The van der Waals surface area contributed by atoms with E-state index in [0.29, 0.717) is 12.2 Å². The van der Waals surface area contributed by atoms with Crippen molar-refractivity contribution in [3.8, 4) is 0 Å². The second-order valence-corrected chi connectivity index (χ2v) is 6.92. The maximum Gasteiger partial charge on any atom is 0.272 e. The summed E-state index contributed by atoms with van der Waals surface area (Å²) in [5.74, 6) is -0.112. The van der Waals surface area contributed by atoms with Crippen molar-refractivity contribution in [2.45, 2.75) is 19.8 Å². The highest BCUT2D eigenvalue weighted by atomic mass is 79.9. The predicted octanol–water partition coefficient (Wildman–Crippen LogP) is 2.44. The van der Waals surface area contributed by atoms with Crippen molar-refractivity contribution in [1.82, 2.24) is 20.8 Å². The summed E-state index contributed by atoms with van der Waals surface area (Å²) in [6, 6.07) is 5.76. The van der Waals surface area contributed by atoms with Gasteiger partial charge < -0.3 is 10.6 Å². The summed E-state index contributed by atoms with van der Waals surface area (Å²) in [5, 5.41) is 14.3. The Morgan fingerprint density at radius 2 is 2.19 bits per heavy atom. The van der Waals surface area contributed by atoms with Crippen molar-refractivity contribution in [2.75, 3.05) is 19.6 Å². The normalized spacial score (nSPS) is 17.8. The fraction of sp³-hybridized carbons (Fsp3) is 0.467. The van der Waals surface area contributed by atoms with Crippen LogP contribution in [0.5, 0.6) is 0 Å². The molecule has 1 aliphatic rings. The Hall–Kier alpha value is -1.40. The first-order valence-electron chi connectivity index (χ1n) is 7.20. The third-order valence-corrected chi connectivity index (χ3v) is 4.72. The molecule has 1 aromatic heterocycles. The van der Waals surface area contributed by atoms with Gasteiger partial charge in [0.15, 0.2) is 5.69 Å². The fourth-order valence-electron chi connectivity index (χ4n) is 2.74. The summed E-state index contributed by atoms with van der Waals surface area (Å²) in [7, 11) is 0. The van der Waals surface area contributed by atoms with Gasteiger partial charge in [-0.25, -0.2) is 0 Å². The van der Waals surface area contributed by atoms with Crippen LogP contribution in [-0.2, 0) is 0 Å². The molecule has 0 bridgehead atoms. The van der Waals surface area contributed by atoms with Gasteiger partial charge in [0, 0.05) is 16.4 Å². The molecule has 0 unspecified atom stereocenters. The van der Waals surface area contributed by atoms with Gasteiger partial charge in [-0.3, -0.25) is 9.89 Å². The summed E-state index contributed by atoms with van der Waals surface area (Å²) in [4.78, 5) is 12.4. The van der Waals surface area contributed by atoms with Crippen LogP contribution >= 0.6 is 15.9 Å². The molecule has 5 nitrogen and oxygen atoms in total. The molecule has 1 amide bonds. The number of halogens is 1. The van der Waals surface area contributed by atoms with Crippen molar-refractivity contribution < 1.29 is 4.79 Å². The number of carbonyl (C=O) groups excluding carboxylic acids is 1. The number of piperidine rings is 1. The van der Waals surface area contributed by atoms with Crippen LogP contribution in [0.1, 0.15) is 30.3 Å². The molecule has 0 spiro atoms. The van der Waals surface area contributed by atoms with E-state index in [0.717, 1.165) is 41.3 Å². The summed E-state index contributed by atoms with van der Waals surface area (Å²) in [5.41, 5.74) is 1.51. The smallest absolute Gasteiger partial charge is 0.272 e. The van der Waals surface area contributed by atoms with E-state index in [9.17, 15) is 4.79 Å². The Labute approximate surface area is 132 Å². The van der Waals surface area contributed by atoms with Crippen LogP contribution in [0.25, 0.3) is 10.9 Å². The average molecular weight is 351 g/mol. The Morgan fingerprint density at radius 3 is 2.95 bits per heavy atom. The molecule has 0 aliphatic carbocycles. The molecular formula is C15H19BrN4O. The number of amides is 1. The average Bonchev–Trinajstić information content (AvgIpc) is 2.89. The number of rotatable bonds is 3. The second kappa shape index (κ2) is 5.77. The molecule has 1 aliphatic heterocycles. The van der Waals surface area contributed by atoms with Gasteiger partial charge in [-0.2, -0.15) is 5.10 Å². The maximum atomic E-state index is 12.4. The number of aromatic amines is 1. The van der Waals surface area contributed by atoms with E-state index in [-0.39, 0.29) is 11.3 Å². The summed E-state index contributed by atoms with van der Waals surface area (Å²) < 4.78 is 0.941. The first-order chi connectivity index (χ1) is 10.1. The van der Waals surface area contributed by atoms with Gasteiger partial charge in [0.25, 0.3) is 5.91 Å². The Morgan fingerprint density at radius 1 is 1.43 bits per heavy atom. The van der Waals surface area contributed by atoms with Gasteiger partial charge >= 0.3 is 0 Å². The molecular weight excluding hydrogens is 332 g/mol. The van der Waals surface area contributed by atoms with Crippen molar-refractivity contribution >= 4 is 32.7 Å². The van der Waals surface area contributed by atoms with Crippen LogP contribution in [0.4, 0.5) is 0 Å². The zero-order valence-electron chi connectivity index (χ0n) is 12.0. The van der Waals surface area contributed by atoms with E-state index >= 15 is 0 Å². The quantitative estimate of drug-likeness (QED) is 0.796. The van der Waals surface area contributed by atoms with E-state index in [1.807, 2.05) is 18.2 Å². The van der Waals surface area contributed by atoms with Crippen LogP contribution in [0.3, 0.4) is 0 Å². The van der Waals surface area contributed by atoms with E-state index in [4.69, 9.17) is 0 Å². The molecule has 0 saturated carbocycles. The number of hydrogen-bond acceptors (Lipinski definition) is 3. The second-order valence-electron chi connectivity index (χ2n) is 6.01. The first-order valence-corrected chi connectivity index (χ1v) is 7.99. The third-order valence-electron chi connectivity index (χ3n) is 4.23. The highest BCUT2D eigenvalue weighted by Gasteiger charge is 2.27. The van der Waals surface area contributed by atoms with Crippen LogP contribution < -0.4 is 10.6 Å². The minimum absolute atomic E-state index is 0.112. The van der Waals surface area contributed by atoms with E-state index in [1.54, 1.807) is 0 Å². The van der Waals surface area contributed by atoms with Gasteiger partial charge in [-0.05, 0) is 49.5 Å². The maximum absolute atomic E-state index is 12.4. The number of carbonyl (C=O) groups is 1. The molecule has 6 heteroatoms. The molecule has 21 heavy (non-hydrogen) atoms. The minimum Gasteiger partial charge on any atom is -0.350 e. The van der Waals surface area contributed by atoms with E-state index in [2.05, 4.69) is 43.7 Å². The number of benzene rings is 1. The fourth-order valence-corrected chi connectivity index (χ4v) is 3.10.